The number of thioether (sulfide) groups is 1. The number of benzene rings is 2. The van der Waals surface area contributed by atoms with Gasteiger partial charge in [-0.15, -0.1) is 5.10 Å². The molecule has 0 saturated heterocycles. The third-order valence-electron chi connectivity index (χ3n) is 3.20. The molecule has 1 amide bonds. The molecule has 3 aromatic rings. The number of tetrazole rings is 1. The van der Waals surface area contributed by atoms with Crippen molar-refractivity contribution in [1.82, 2.24) is 20.2 Å². The Kier molecular flexibility index (Phi) is 7.94. The fourth-order valence-electron chi connectivity index (χ4n) is 2.09. The van der Waals surface area contributed by atoms with Gasteiger partial charge >= 0.3 is 51.4 Å². The number of aromatic carboxylic acids is 1. The summed E-state index contributed by atoms with van der Waals surface area (Å²) in [6.07, 6.45) is 0. The van der Waals surface area contributed by atoms with Gasteiger partial charge in [0.2, 0.25) is 11.1 Å². The molecule has 1 heterocycles. The summed E-state index contributed by atoms with van der Waals surface area (Å²) in [7, 11) is 0. The Morgan fingerprint density at radius 1 is 1.08 bits per heavy atom. The van der Waals surface area contributed by atoms with Crippen molar-refractivity contribution in [2.45, 2.75) is 5.16 Å². The van der Waals surface area contributed by atoms with Crippen molar-refractivity contribution in [3.05, 3.63) is 60.2 Å². The van der Waals surface area contributed by atoms with Gasteiger partial charge in [0.15, 0.2) is 0 Å². The van der Waals surface area contributed by atoms with E-state index in [2.05, 4.69) is 20.8 Å². The third-order valence-corrected chi connectivity index (χ3v) is 4.11. The Hall–Kier alpha value is -1.56. The molecule has 26 heavy (non-hydrogen) atoms. The van der Waals surface area contributed by atoms with Crippen molar-refractivity contribution in [2.75, 3.05) is 11.1 Å². The SMILES string of the molecule is O=C(CSc1nnnn1-c1ccccc1)Nc1ccccc1C(=O)[O-].[K+]. The number of nitrogens with zero attached hydrogens (tertiary/aromatic N) is 4. The minimum absolute atomic E-state index is 0. The molecule has 2 aromatic carbocycles. The first-order valence-electron chi connectivity index (χ1n) is 7.22. The summed E-state index contributed by atoms with van der Waals surface area (Å²) in [6, 6.07) is 15.3. The van der Waals surface area contributed by atoms with E-state index in [4.69, 9.17) is 0 Å². The summed E-state index contributed by atoms with van der Waals surface area (Å²) in [5, 5.41) is 25.5. The second kappa shape index (κ2) is 9.95. The minimum atomic E-state index is -1.35. The Bertz CT molecular complexity index is 904. The van der Waals surface area contributed by atoms with Gasteiger partial charge < -0.3 is 15.2 Å². The summed E-state index contributed by atoms with van der Waals surface area (Å²) in [6.45, 7) is 0. The normalized spacial score (nSPS) is 10.0. The zero-order chi connectivity index (χ0) is 17.6. The summed E-state index contributed by atoms with van der Waals surface area (Å²) >= 11 is 1.14. The van der Waals surface area contributed by atoms with Crippen molar-refractivity contribution in [1.29, 1.82) is 0 Å². The molecular formula is C16H12KN5O3S. The Labute approximate surface area is 195 Å². The Morgan fingerprint density at radius 2 is 1.77 bits per heavy atom. The van der Waals surface area contributed by atoms with Crippen LogP contribution in [0.15, 0.2) is 59.8 Å². The molecule has 8 nitrogen and oxygen atoms in total. The Balaban J connectivity index is 0.00000243. The summed E-state index contributed by atoms with van der Waals surface area (Å²) in [5.74, 6) is -1.70. The number of anilines is 1. The molecule has 0 atom stereocenters. The van der Waals surface area contributed by atoms with Crippen LogP contribution in [-0.4, -0.2) is 37.8 Å². The van der Waals surface area contributed by atoms with Gasteiger partial charge in [0.1, 0.15) is 0 Å². The van der Waals surface area contributed by atoms with Crippen LogP contribution in [0.4, 0.5) is 5.69 Å². The standard InChI is InChI=1S/C16H13N5O3S.K/c22-14(17-13-9-5-4-8-12(13)15(23)24)10-25-16-18-19-20-21(16)11-6-2-1-3-7-11;/h1-9H,10H2,(H,17,22)(H,23,24);/q;+1/p-1. The van der Waals surface area contributed by atoms with Crippen LogP contribution in [0.2, 0.25) is 0 Å². The number of amides is 1. The molecule has 0 saturated carbocycles. The number of hydrogen-bond donors (Lipinski definition) is 1. The molecule has 1 aromatic heterocycles. The van der Waals surface area contributed by atoms with Crippen molar-refractivity contribution in [2.24, 2.45) is 0 Å². The largest absolute Gasteiger partial charge is 1.00 e. The first-order chi connectivity index (χ1) is 12.1. The zero-order valence-corrected chi connectivity index (χ0v) is 17.8. The van der Waals surface area contributed by atoms with Crippen LogP contribution in [0.25, 0.3) is 5.69 Å². The Morgan fingerprint density at radius 3 is 2.50 bits per heavy atom. The number of carbonyl (C=O) groups excluding carboxylic acids is 2. The molecule has 0 radical (unpaired) electrons. The summed E-state index contributed by atoms with van der Waals surface area (Å²) < 4.78 is 1.52. The maximum atomic E-state index is 12.1. The molecule has 0 bridgehead atoms. The van der Waals surface area contributed by atoms with Gasteiger partial charge in [0.25, 0.3) is 0 Å². The number of aromatic nitrogens is 4. The number of nitrogens with one attached hydrogen (secondary N) is 1. The van der Waals surface area contributed by atoms with Gasteiger partial charge in [-0.1, -0.05) is 48.2 Å². The number of para-hydroxylation sites is 2. The van der Waals surface area contributed by atoms with Crippen molar-refractivity contribution in [3.8, 4) is 5.69 Å². The molecule has 126 valence electrons. The fourth-order valence-corrected chi connectivity index (χ4v) is 2.78. The van der Waals surface area contributed by atoms with E-state index in [0.29, 0.717) is 5.16 Å². The maximum absolute atomic E-state index is 12.1. The molecule has 0 aliphatic heterocycles. The third kappa shape index (κ3) is 5.22. The number of hydrogen-bond acceptors (Lipinski definition) is 7. The molecule has 10 heteroatoms. The van der Waals surface area contributed by atoms with E-state index < -0.39 is 5.97 Å². The van der Waals surface area contributed by atoms with E-state index in [1.807, 2.05) is 30.3 Å². The maximum Gasteiger partial charge on any atom is 1.00 e. The molecule has 0 unspecified atom stereocenters. The topological polar surface area (TPSA) is 113 Å². The van der Waals surface area contributed by atoms with Gasteiger partial charge in [-0.2, -0.15) is 4.68 Å². The number of rotatable bonds is 6. The van der Waals surface area contributed by atoms with Crippen molar-refractivity contribution >= 4 is 29.3 Å². The average molecular weight is 393 g/mol. The van der Waals surface area contributed by atoms with Gasteiger partial charge in [-0.3, -0.25) is 4.79 Å². The number of carboxylic acids is 1. The van der Waals surface area contributed by atoms with Crippen LogP contribution >= 0.6 is 11.8 Å². The summed E-state index contributed by atoms with van der Waals surface area (Å²) in [4.78, 5) is 23.2. The summed E-state index contributed by atoms with van der Waals surface area (Å²) in [5.41, 5.74) is 0.892. The van der Waals surface area contributed by atoms with E-state index in [9.17, 15) is 14.7 Å². The molecule has 0 aliphatic rings. The molecular weight excluding hydrogens is 381 g/mol. The van der Waals surface area contributed by atoms with Crippen molar-refractivity contribution < 1.29 is 66.1 Å². The molecule has 0 fully saturated rings. The zero-order valence-electron chi connectivity index (χ0n) is 13.8. The molecule has 1 N–H and O–H groups in total. The van der Waals surface area contributed by atoms with Crippen LogP contribution < -0.4 is 61.8 Å². The van der Waals surface area contributed by atoms with Crippen LogP contribution in [0.5, 0.6) is 0 Å². The van der Waals surface area contributed by atoms with Crippen LogP contribution in [-0.2, 0) is 4.79 Å². The van der Waals surface area contributed by atoms with Gasteiger partial charge in [0.05, 0.1) is 17.4 Å². The quantitative estimate of drug-likeness (QED) is 0.372. The van der Waals surface area contributed by atoms with Crippen LogP contribution in [0.3, 0.4) is 0 Å². The fraction of sp³-hybridized carbons (Fsp3) is 0.0625. The monoisotopic (exact) mass is 393 g/mol. The van der Waals surface area contributed by atoms with Crippen LogP contribution in [0.1, 0.15) is 10.4 Å². The molecule has 0 spiro atoms. The van der Waals surface area contributed by atoms with Crippen molar-refractivity contribution in [3.63, 3.8) is 0 Å². The van der Waals surface area contributed by atoms with Gasteiger partial charge in [0, 0.05) is 11.3 Å². The van der Waals surface area contributed by atoms with Gasteiger partial charge in [-0.25, -0.2) is 0 Å². The van der Waals surface area contributed by atoms with Gasteiger partial charge in [-0.05, 0) is 28.6 Å². The first kappa shape index (κ1) is 20.7. The second-order valence-corrected chi connectivity index (χ2v) is 5.82. The predicted molar refractivity (Wildman–Crippen MR) is 89.3 cm³/mol. The second-order valence-electron chi connectivity index (χ2n) is 4.88. The average Bonchev–Trinajstić information content (AvgIpc) is 3.09. The number of carbonyl (C=O) groups is 2. The van der Waals surface area contributed by atoms with E-state index in [0.717, 1.165) is 17.4 Å². The number of carboxylic acid groups (broad SMARTS) is 1. The smallest absolute Gasteiger partial charge is 0.545 e. The van der Waals surface area contributed by atoms with E-state index in [1.54, 1.807) is 12.1 Å². The van der Waals surface area contributed by atoms with Crippen LogP contribution in [0, 0.1) is 0 Å². The van der Waals surface area contributed by atoms with E-state index >= 15 is 0 Å². The molecule has 0 aliphatic carbocycles. The minimum Gasteiger partial charge on any atom is -0.545 e. The van der Waals surface area contributed by atoms with E-state index in [1.165, 1.54) is 16.8 Å². The first-order valence-corrected chi connectivity index (χ1v) is 8.20. The molecule has 3 rings (SSSR count). The predicted octanol–water partition coefficient (Wildman–Crippen LogP) is -2.24. The van der Waals surface area contributed by atoms with E-state index in [-0.39, 0.29) is 74.3 Å².